The summed E-state index contributed by atoms with van der Waals surface area (Å²) >= 11 is 0.200. The van der Waals surface area contributed by atoms with Gasteiger partial charge in [-0.15, -0.1) is 0 Å². The van der Waals surface area contributed by atoms with Gasteiger partial charge in [0.1, 0.15) is 49.3 Å². The Hall–Kier alpha value is -4.50. The molecule has 68 heavy (non-hydrogen) atoms. The molecule has 2 unspecified atom stereocenters. The SMILES string of the molecule is CC(C)(C)C(=O)OCSP(=O)(O)OC[C@H]1O[C@@H](n2cnc3c(=O)n(COC(=O)C(C)(C)C)cnc32)[C@H](F)[C@@H]1OP(=O)(O)OC[C@H]1O[C@@H](n2cnc3c(=O)n(COC(=O)C(C)(C)C)cnc32)C[C@H]1F. The van der Waals surface area contributed by atoms with Crippen LogP contribution < -0.4 is 11.1 Å². The molecule has 0 aromatic carbocycles. The summed E-state index contributed by atoms with van der Waals surface area (Å²) in [5.74, 6) is -2.49. The van der Waals surface area contributed by atoms with Crippen molar-refractivity contribution in [2.24, 2.45) is 16.2 Å². The van der Waals surface area contributed by atoms with Crippen molar-refractivity contribution in [1.29, 1.82) is 0 Å². The molecule has 4 aromatic heterocycles. The van der Waals surface area contributed by atoms with Crippen LogP contribution >= 0.6 is 26.0 Å². The molecule has 0 amide bonds. The fraction of sp³-hybridized carbons (Fsp3) is 0.658. The van der Waals surface area contributed by atoms with Crippen LogP contribution in [0.25, 0.3) is 22.3 Å². The molecule has 376 valence electrons. The monoisotopic (exact) mass is 1020 g/mol. The smallest absolute Gasteiger partial charge is 0.454 e. The number of hydrogen-bond donors (Lipinski definition) is 2. The van der Waals surface area contributed by atoms with Crippen molar-refractivity contribution in [1.82, 2.24) is 38.2 Å². The van der Waals surface area contributed by atoms with Gasteiger partial charge in [0.2, 0.25) is 0 Å². The highest BCUT2D eigenvalue weighted by Gasteiger charge is 2.52. The third-order valence-electron chi connectivity index (χ3n) is 10.1. The van der Waals surface area contributed by atoms with Crippen LogP contribution in [0.5, 0.6) is 0 Å². The van der Waals surface area contributed by atoms with Gasteiger partial charge < -0.3 is 33.5 Å². The molecule has 2 aliphatic heterocycles. The largest absolute Gasteiger partial charge is 0.472 e. The van der Waals surface area contributed by atoms with Crippen molar-refractivity contribution in [2.75, 3.05) is 19.2 Å². The normalized spacial score (nSPS) is 24.2. The highest BCUT2D eigenvalue weighted by Crippen LogP contribution is 2.57. The Balaban J connectivity index is 1.16. The van der Waals surface area contributed by atoms with E-state index in [1.54, 1.807) is 62.3 Å². The van der Waals surface area contributed by atoms with Gasteiger partial charge in [-0.25, -0.2) is 37.8 Å². The molecule has 0 saturated carbocycles. The zero-order chi connectivity index (χ0) is 50.3. The average Bonchev–Trinajstić information content (AvgIpc) is 4.02. The van der Waals surface area contributed by atoms with Crippen LogP contribution in [0, 0.1) is 16.2 Å². The molecule has 9 atom stereocenters. The Morgan fingerprint density at radius 3 is 1.74 bits per heavy atom. The summed E-state index contributed by atoms with van der Waals surface area (Å²) in [4.78, 5) is 101. The lowest BCUT2D eigenvalue weighted by Crippen LogP contribution is -2.34. The molecule has 0 bridgehead atoms. The molecule has 6 heterocycles. The van der Waals surface area contributed by atoms with E-state index in [-0.39, 0.29) is 40.1 Å². The zero-order valence-electron chi connectivity index (χ0n) is 38.2. The van der Waals surface area contributed by atoms with E-state index in [1.165, 1.54) is 10.9 Å². The number of halogens is 2. The van der Waals surface area contributed by atoms with Gasteiger partial charge in [0, 0.05) is 17.8 Å². The maximum Gasteiger partial charge on any atom is 0.472 e. The summed E-state index contributed by atoms with van der Waals surface area (Å²) in [7, 11) is -5.42. The Morgan fingerprint density at radius 1 is 0.721 bits per heavy atom. The highest BCUT2D eigenvalue weighted by atomic mass is 32.7. The highest BCUT2D eigenvalue weighted by molar-refractivity contribution is 8.54. The first-order chi connectivity index (χ1) is 31.5. The minimum atomic E-state index is -5.42. The lowest BCUT2D eigenvalue weighted by Gasteiger charge is -2.24. The number of fused-ring (bicyclic) bond motifs is 2. The standard InChI is InChI=1S/C38H52F2N8O17P2S/c1-36(2,3)33(51)58-17-45-13-43-28-25(30(45)49)41-15-47(28)23-10-20(39)21(63-23)11-61-66(54,55)65-27-22(12-62-67(56,57)68-19-60-35(53)38(7,8)9)64-32(24(27)40)48-16-42-26-29(48)44-14-46(31(26)50)18-59-34(52)37(4,5)6/h13-16,20-24,27,32H,10-12,17-19H2,1-9H3,(H,54,55)(H,56,57)/t20-,21-,22-,23-,24-,27-,32-/m1/s1. The van der Waals surface area contributed by atoms with Gasteiger partial charge in [0.15, 0.2) is 48.2 Å². The van der Waals surface area contributed by atoms with Crippen LogP contribution in [-0.2, 0) is 74.2 Å². The quantitative estimate of drug-likeness (QED) is 0.0652. The molecule has 0 spiro atoms. The molecule has 30 heteroatoms. The van der Waals surface area contributed by atoms with Gasteiger partial charge >= 0.3 is 32.5 Å². The van der Waals surface area contributed by atoms with Crippen molar-refractivity contribution < 1.29 is 79.3 Å². The van der Waals surface area contributed by atoms with Gasteiger partial charge in [-0.1, -0.05) is 0 Å². The topological polar surface area (TPSA) is 305 Å². The van der Waals surface area contributed by atoms with Gasteiger partial charge in [0.25, 0.3) is 11.1 Å². The molecule has 0 radical (unpaired) electrons. The van der Waals surface area contributed by atoms with Crippen molar-refractivity contribution in [2.45, 2.75) is 125 Å². The second-order valence-corrected chi connectivity index (χ2v) is 24.0. The molecular formula is C38H52F2N8O17P2S. The first-order valence-corrected chi connectivity index (χ1v) is 25.4. The van der Waals surface area contributed by atoms with Gasteiger partial charge in [0.05, 0.1) is 42.1 Å². The maximum atomic E-state index is 16.6. The van der Waals surface area contributed by atoms with Crippen LogP contribution in [0.1, 0.15) is 81.2 Å². The number of phosphoric ester groups is 1. The minimum Gasteiger partial charge on any atom is -0.454 e. The number of esters is 3. The number of imidazole rings is 2. The van der Waals surface area contributed by atoms with Crippen LogP contribution in [0.15, 0.2) is 34.9 Å². The molecule has 2 N–H and O–H groups in total. The van der Waals surface area contributed by atoms with E-state index in [1.807, 2.05) is 0 Å². The third kappa shape index (κ3) is 12.3. The Morgan fingerprint density at radius 2 is 1.21 bits per heavy atom. The van der Waals surface area contributed by atoms with E-state index < -0.39 is 136 Å². The summed E-state index contributed by atoms with van der Waals surface area (Å²) in [6.07, 6.45) is -8.79. The van der Waals surface area contributed by atoms with Crippen LogP contribution in [0.2, 0.25) is 0 Å². The number of alkyl halides is 2. The summed E-state index contributed by atoms with van der Waals surface area (Å²) in [5, 5.41) is 0. The first kappa shape index (κ1) is 52.9. The molecule has 2 aliphatic rings. The van der Waals surface area contributed by atoms with Gasteiger partial charge in [-0.05, 0) is 62.3 Å². The van der Waals surface area contributed by atoms with Crippen LogP contribution in [-0.4, -0.2) is 116 Å². The number of rotatable bonds is 17. The van der Waals surface area contributed by atoms with Gasteiger partial charge in [-0.2, -0.15) is 0 Å². The number of hydrogen-bond acceptors (Lipinski definition) is 20. The minimum absolute atomic E-state index is 0.00809. The first-order valence-electron chi connectivity index (χ1n) is 20.7. The number of carbonyl (C=O) groups excluding carboxylic acids is 3. The Bertz CT molecular complexity index is 2750. The second-order valence-electron chi connectivity index (χ2n) is 18.7. The maximum absolute atomic E-state index is 16.6. The van der Waals surface area contributed by atoms with Crippen LogP contribution in [0.3, 0.4) is 0 Å². The zero-order valence-corrected chi connectivity index (χ0v) is 40.9. The average molecular weight is 1020 g/mol. The number of carbonyl (C=O) groups is 3. The van der Waals surface area contributed by atoms with Crippen molar-refractivity contribution in [3.05, 3.63) is 46.0 Å². The predicted molar refractivity (Wildman–Crippen MR) is 231 cm³/mol. The number of aromatic nitrogens is 8. The summed E-state index contributed by atoms with van der Waals surface area (Å²) in [5.41, 5.74) is -4.85. The van der Waals surface area contributed by atoms with Gasteiger partial charge in [-0.3, -0.25) is 55.8 Å². The molecule has 4 aromatic rings. The van der Waals surface area contributed by atoms with E-state index in [2.05, 4.69) is 19.9 Å². The van der Waals surface area contributed by atoms with E-state index in [9.17, 15) is 42.9 Å². The van der Waals surface area contributed by atoms with E-state index in [0.29, 0.717) is 0 Å². The predicted octanol–water partition coefficient (Wildman–Crippen LogP) is 4.05. The summed E-state index contributed by atoms with van der Waals surface area (Å²) in [6, 6.07) is 0. The Labute approximate surface area is 389 Å². The lowest BCUT2D eigenvalue weighted by molar-refractivity contribution is -0.157. The molecule has 6 rings (SSSR count). The second kappa shape index (κ2) is 20.1. The van der Waals surface area contributed by atoms with E-state index in [4.69, 9.17) is 37.3 Å². The number of phosphoric acid groups is 1. The van der Waals surface area contributed by atoms with E-state index in [0.717, 1.165) is 32.7 Å². The van der Waals surface area contributed by atoms with Crippen LogP contribution in [0.4, 0.5) is 8.78 Å². The molecule has 2 fully saturated rings. The molecule has 0 aliphatic carbocycles. The fourth-order valence-electron chi connectivity index (χ4n) is 6.27. The van der Waals surface area contributed by atoms with Crippen molar-refractivity contribution in [3.8, 4) is 0 Å². The number of ether oxygens (including phenoxy) is 5. The number of nitrogens with zero attached hydrogens (tertiary/aromatic N) is 8. The molecule has 2 saturated heterocycles. The lowest BCUT2D eigenvalue weighted by atomic mass is 9.97. The molecule has 25 nitrogen and oxygen atoms in total. The molecular weight excluding hydrogens is 972 g/mol. The fourth-order valence-corrected chi connectivity index (χ4v) is 8.89. The van der Waals surface area contributed by atoms with Crippen molar-refractivity contribution in [3.63, 3.8) is 0 Å². The summed E-state index contributed by atoms with van der Waals surface area (Å²) < 4.78 is 105. The van der Waals surface area contributed by atoms with Crippen molar-refractivity contribution >= 4 is 66.2 Å². The summed E-state index contributed by atoms with van der Waals surface area (Å²) in [6.45, 7) is 6.85. The van der Waals surface area contributed by atoms with E-state index >= 15 is 8.78 Å². The Kier molecular flexibility index (Phi) is 15.6. The third-order valence-corrected chi connectivity index (χ3v) is 13.7.